The first-order valence-corrected chi connectivity index (χ1v) is 12.5. The second-order valence-corrected chi connectivity index (χ2v) is 10.4. The Morgan fingerprint density at radius 2 is 2.00 bits per heavy atom. The number of H-pyrrole nitrogens is 1. The molecule has 178 valence electrons. The van der Waals surface area contributed by atoms with Crippen molar-refractivity contribution in [3.05, 3.63) is 34.2 Å². The van der Waals surface area contributed by atoms with Gasteiger partial charge in [-0.15, -0.1) is 0 Å². The summed E-state index contributed by atoms with van der Waals surface area (Å²) in [4.78, 5) is 20.6. The Hall–Kier alpha value is -2.76. The SMILES string of the molecule is COc1cc(S(=O)(=O)N(C)CCO)ccc1-c1nc2c(C)nn(C3CCCCC3)c2c(=O)[nH]1. The lowest BCUT2D eigenvalue weighted by molar-refractivity contribution is 0.266. The fourth-order valence-electron chi connectivity index (χ4n) is 4.38. The fourth-order valence-corrected chi connectivity index (χ4v) is 5.55. The van der Waals surface area contributed by atoms with E-state index in [2.05, 4.69) is 15.1 Å². The number of hydrogen-bond donors (Lipinski definition) is 2. The van der Waals surface area contributed by atoms with Crippen LogP contribution in [-0.4, -0.2) is 64.9 Å². The molecule has 0 atom stereocenters. The minimum atomic E-state index is -3.80. The maximum absolute atomic E-state index is 13.1. The van der Waals surface area contributed by atoms with Gasteiger partial charge in [-0.1, -0.05) is 19.3 Å². The van der Waals surface area contributed by atoms with Gasteiger partial charge in [0.15, 0.2) is 5.52 Å². The standard InChI is InChI=1S/C22H29N5O5S/c1-14-19-20(27(25-14)15-7-5-4-6-8-15)22(29)24-21(23-19)17-10-9-16(13-18(17)32-3)33(30,31)26(2)11-12-28/h9-10,13,15,28H,4-8,11-12H2,1-3H3,(H,23,24,29). The number of hydrogen-bond acceptors (Lipinski definition) is 7. The predicted molar refractivity (Wildman–Crippen MR) is 124 cm³/mol. The van der Waals surface area contributed by atoms with Crippen molar-refractivity contribution < 1.29 is 18.3 Å². The lowest BCUT2D eigenvalue weighted by Gasteiger charge is -2.22. The summed E-state index contributed by atoms with van der Waals surface area (Å²) in [7, 11) is -0.983. The second-order valence-electron chi connectivity index (χ2n) is 8.35. The molecule has 10 nitrogen and oxygen atoms in total. The van der Waals surface area contributed by atoms with Crippen molar-refractivity contribution in [3.63, 3.8) is 0 Å². The average Bonchev–Trinajstić information content (AvgIpc) is 3.16. The van der Waals surface area contributed by atoms with Gasteiger partial charge in [-0.3, -0.25) is 9.48 Å². The molecular weight excluding hydrogens is 446 g/mol. The van der Waals surface area contributed by atoms with E-state index in [1.165, 1.54) is 32.7 Å². The Morgan fingerprint density at radius 3 is 2.67 bits per heavy atom. The van der Waals surface area contributed by atoms with Gasteiger partial charge in [0.05, 0.1) is 35.9 Å². The summed E-state index contributed by atoms with van der Waals surface area (Å²) in [6, 6.07) is 4.58. The number of aryl methyl sites for hydroxylation is 1. The first-order valence-electron chi connectivity index (χ1n) is 11.0. The molecule has 4 rings (SSSR count). The molecule has 0 unspecified atom stereocenters. The molecule has 0 bridgehead atoms. The van der Waals surface area contributed by atoms with Gasteiger partial charge >= 0.3 is 0 Å². The summed E-state index contributed by atoms with van der Waals surface area (Å²) < 4.78 is 33.8. The van der Waals surface area contributed by atoms with Crippen LogP contribution in [0.2, 0.25) is 0 Å². The number of sulfonamides is 1. The number of nitrogens with one attached hydrogen (secondary N) is 1. The van der Waals surface area contributed by atoms with Crippen molar-refractivity contribution in [2.24, 2.45) is 0 Å². The first kappa shape index (κ1) is 23.4. The molecule has 0 spiro atoms. The summed E-state index contributed by atoms with van der Waals surface area (Å²) in [5.41, 5.74) is 1.84. The van der Waals surface area contributed by atoms with Gasteiger partial charge in [-0.25, -0.2) is 13.4 Å². The van der Waals surface area contributed by atoms with E-state index < -0.39 is 10.0 Å². The highest BCUT2D eigenvalue weighted by Gasteiger charge is 2.25. The molecule has 1 aliphatic carbocycles. The zero-order valence-corrected chi connectivity index (χ0v) is 19.9. The number of benzene rings is 1. The van der Waals surface area contributed by atoms with E-state index in [4.69, 9.17) is 9.84 Å². The van der Waals surface area contributed by atoms with Crippen molar-refractivity contribution >= 4 is 21.1 Å². The van der Waals surface area contributed by atoms with Crippen LogP contribution in [-0.2, 0) is 10.0 Å². The summed E-state index contributed by atoms with van der Waals surface area (Å²) in [5.74, 6) is 0.539. The van der Waals surface area contributed by atoms with Gasteiger partial charge < -0.3 is 14.8 Å². The fraction of sp³-hybridized carbons (Fsp3) is 0.500. The molecule has 2 heterocycles. The number of fused-ring (bicyclic) bond motifs is 1. The summed E-state index contributed by atoms with van der Waals surface area (Å²) in [5, 5.41) is 13.7. The van der Waals surface area contributed by atoms with Crippen LogP contribution in [0.1, 0.15) is 43.8 Å². The Labute approximate surface area is 192 Å². The molecule has 11 heteroatoms. The summed E-state index contributed by atoms with van der Waals surface area (Å²) in [6.45, 7) is 1.52. The largest absolute Gasteiger partial charge is 0.496 e. The zero-order valence-electron chi connectivity index (χ0n) is 19.0. The molecule has 1 fully saturated rings. The van der Waals surface area contributed by atoms with Crippen molar-refractivity contribution in [1.82, 2.24) is 24.1 Å². The van der Waals surface area contributed by atoms with E-state index in [0.29, 0.717) is 22.3 Å². The maximum atomic E-state index is 13.1. The van der Waals surface area contributed by atoms with Gasteiger partial charge in [0.2, 0.25) is 10.0 Å². The predicted octanol–water partition coefficient (Wildman–Crippen LogP) is 2.22. The molecule has 1 saturated carbocycles. The van der Waals surface area contributed by atoms with Crippen LogP contribution in [0.3, 0.4) is 0 Å². The van der Waals surface area contributed by atoms with Crippen molar-refractivity contribution in [2.75, 3.05) is 27.3 Å². The van der Waals surface area contributed by atoms with Gasteiger partial charge in [0.1, 0.15) is 17.1 Å². The first-order chi connectivity index (χ1) is 15.8. The number of methoxy groups -OCH3 is 1. The van der Waals surface area contributed by atoms with Crippen LogP contribution < -0.4 is 10.3 Å². The molecule has 2 aromatic heterocycles. The number of rotatable bonds is 7. The summed E-state index contributed by atoms with van der Waals surface area (Å²) in [6.07, 6.45) is 5.43. The lowest BCUT2D eigenvalue weighted by atomic mass is 9.95. The van der Waals surface area contributed by atoms with Crippen LogP contribution in [0.5, 0.6) is 5.75 Å². The number of likely N-dealkylation sites (N-methyl/N-ethyl adjacent to an activating group) is 1. The smallest absolute Gasteiger partial charge is 0.277 e. The third-order valence-electron chi connectivity index (χ3n) is 6.20. The van der Waals surface area contributed by atoms with Crippen LogP contribution >= 0.6 is 0 Å². The normalized spacial score (nSPS) is 15.4. The van der Waals surface area contributed by atoms with Gasteiger partial charge in [0.25, 0.3) is 5.56 Å². The third-order valence-corrected chi connectivity index (χ3v) is 8.05. The molecule has 0 amide bonds. The third kappa shape index (κ3) is 4.28. The van der Waals surface area contributed by atoms with Crippen LogP contribution in [0.25, 0.3) is 22.4 Å². The molecule has 0 saturated heterocycles. The van der Waals surface area contributed by atoms with Gasteiger partial charge in [0, 0.05) is 19.7 Å². The minimum Gasteiger partial charge on any atom is -0.496 e. The van der Waals surface area contributed by atoms with E-state index in [0.717, 1.165) is 30.0 Å². The Bertz CT molecular complexity index is 1320. The molecule has 1 aliphatic rings. The lowest BCUT2D eigenvalue weighted by Crippen LogP contribution is -2.29. The van der Waals surface area contributed by atoms with E-state index in [9.17, 15) is 13.2 Å². The molecule has 1 aromatic carbocycles. The molecule has 0 aliphatic heterocycles. The molecule has 2 N–H and O–H groups in total. The topological polar surface area (TPSA) is 130 Å². The van der Waals surface area contributed by atoms with Crippen molar-refractivity contribution in [1.29, 1.82) is 0 Å². The Kier molecular flexibility index (Phi) is 6.55. The molecule has 3 aromatic rings. The van der Waals surface area contributed by atoms with E-state index in [-0.39, 0.29) is 41.2 Å². The van der Waals surface area contributed by atoms with Gasteiger partial charge in [-0.2, -0.15) is 9.40 Å². The number of aromatic amines is 1. The highest BCUT2D eigenvalue weighted by atomic mass is 32.2. The average molecular weight is 476 g/mol. The zero-order chi connectivity index (χ0) is 23.8. The van der Waals surface area contributed by atoms with Crippen molar-refractivity contribution in [2.45, 2.75) is 50.0 Å². The quantitative estimate of drug-likeness (QED) is 0.536. The van der Waals surface area contributed by atoms with E-state index in [1.54, 1.807) is 6.07 Å². The van der Waals surface area contributed by atoms with Gasteiger partial charge in [-0.05, 0) is 31.9 Å². The minimum absolute atomic E-state index is 0.0174. The summed E-state index contributed by atoms with van der Waals surface area (Å²) >= 11 is 0. The van der Waals surface area contributed by atoms with Crippen LogP contribution in [0.15, 0.2) is 27.9 Å². The number of aliphatic hydroxyl groups excluding tert-OH is 1. The van der Waals surface area contributed by atoms with E-state index >= 15 is 0 Å². The molecular formula is C22H29N5O5S. The number of aromatic nitrogens is 4. The number of aliphatic hydroxyl groups is 1. The van der Waals surface area contributed by atoms with Crippen molar-refractivity contribution in [3.8, 4) is 17.1 Å². The highest BCUT2D eigenvalue weighted by molar-refractivity contribution is 7.89. The maximum Gasteiger partial charge on any atom is 0.277 e. The highest BCUT2D eigenvalue weighted by Crippen LogP contribution is 2.33. The molecule has 0 radical (unpaired) electrons. The monoisotopic (exact) mass is 475 g/mol. The van der Waals surface area contributed by atoms with Crippen LogP contribution in [0, 0.1) is 6.92 Å². The number of nitrogens with zero attached hydrogens (tertiary/aromatic N) is 4. The number of ether oxygens (including phenoxy) is 1. The second kappa shape index (κ2) is 9.24. The Balaban J connectivity index is 1.79. The molecule has 33 heavy (non-hydrogen) atoms. The Morgan fingerprint density at radius 1 is 1.27 bits per heavy atom. The van der Waals surface area contributed by atoms with Crippen LogP contribution in [0.4, 0.5) is 0 Å². The van der Waals surface area contributed by atoms with E-state index in [1.807, 2.05) is 11.6 Å².